The number of anilines is 1. The van der Waals surface area contributed by atoms with Crippen LogP contribution in [0.5, 0.6) is 0 Å². The molecule has 2 rings (SSSR count). The molecule has 0 atom stereocenters. The molecule has 0 fully saturated rings. The van der Waals surface area contributed by atoms with Gasteiger partial charge in [-0.15, -0.1) is 11.3 Å². The molecule has 2 N–H and O–H groups in total. The van der Waals surface area contributed by atoms with E-state index in [0.29, 0.717) is 0 Å². The third-order valence-electron chi connectivity index (χ3n) is 1.73. The minimum absolute atomic E-state index is 0.743. The van der Waals surface area contributed by atoms with Gasteiger partial charge in [0.1, 0.15) is 0 Å². The number of nitrogen functional groups attached to an aromatic ring is 1. The summed E-state index contributed by atoms with van der Waals surface area (Å²) in [5.74, 6) is 0. The second-order valence-electron chi connectivity index (χ2n) is 2.69. The minimum Gasteiger partial charge on any atom is -0.399 e. The molecule has 2 nitrogen and oxygen atoms in total. The van der Waals surface area contributed by atoms with Crippen molar-refractivity contribution in [2.24, 2.45) is 0 Å². The van der Waals surface area contributed by atoms with Crippen molar-refractivity contribution in [2.75, 3.05) is 5.73 Å². The fourth-order valence-corrected chi connectivity index (χ4v) is 3.07. The Morgan fingerprint density at radius 1 is 1.38 bits per heavy atom. The summed E-state index contributed by atoms with van der Waals surface area (Å²) in [7, 11) is 0. The normalized spacial score (nSPS) is 10.5. The third-order valence-corrected chi connectivity index (χ3v) is 4.05. The lowest BCUT2D eigenvalue weighted by atomic mass is 10.2. The average molecular weight is 303 g/mol. The monoisotopic (exact) mass is 303 g/mol. The number of hydrogen-bond acceptors (Lipinski definition) is 3. The molecule has 1 heterocycles. The lowest BCUT2D eigenvalue weighted by Gasteiger charge is -1.95. The van der Waals surface area contributed by atoms with E-state index in [0.717, 1.165) is 30.5 Å². The molecule has 66 valence electrons. The molecule has 0 bridgehead atoms. The van der Waals surface area contributed by atoms with Gasteiger partial charge in [-0.25, -0.2) is 0 Å². The molecule has 0 amide bonds. The molecule has 2 aromatic rings. The second-order valence-corrected chi connectivity index (χ2v) is 4.93. The smallest absolute Gasteiger partial charge is 0.160 e. The van der Waals surface area contributed by atoms with Crippen LogP contribution >= 0.6 is 33.9 Å². The van der Waals surface area contributed by atoms with Crippen LogP contribution in [0.4, 0.5) is 5.69 Å². The van der Waals surface area contributed by atoms with Gasteiger partial charge in [0.25, 0.3) is 0 Å². The van der Waals surface area contributed by atoms with Gasteiger partial charge in [0.15, 0.2) is 6.29 Å². The number of aldehydes is 1. The predicted molar refractivity (Wildman–Crippen MR) is 64.3 cm³/mol. The molecule has 1 aromatic heterocycles. The largest absolute Gasteiger partial charge is 0.399 e. The zero-order chi connectivity index (χ0) is 9.42. The van der Waals surface area contributed by atoms with Crippen molar-refractivity contribution in [3.05, 3.63) is 26.6 Å². The number of nitrogens with two attached hydrogens (primary N) is 1. The maximum absolute atomic E-state index is 10.5. The Kier molecular flexibility index (Phi) is 2.25. The standard InChI is InChI=1S/C9H6INOS/c10-8-3-6(11)1-5-2-7(4-12)13-9(5)8/h1-4H,11H2. The maximum Gasteiger partial charge on any atom is 0.160 e. The van der Waals surface area contributed by atoms with E-state index in [2.05, 4.69) is 22.6 Å². The number of carbonyl (C=O) groups excluding carboxylic acids is 1. The number of halogens is 1. The Bertz CT molecular complexity index is 478. The third kappa shape index (κ3) is 1.55. The van der Waals surface area contributed by atoms with Gasteiger partial charge in [0, 0.05) is 14.0 Å². The predicted octanol–water partition coefficient (Wildman–Crippen LogP) is 2.90. The molecule has 4 heteroatoms. The molecule has 13 heavy (non-hydrogen) atoms. The van der Waals surface area contributed by atoms with Crippen molar-refractivity contribution >= 4 is 56.0 Å². The van der Waals surface area contributed by atoms with Crippen LogP contribution < -0.4 is 5.73 Å². The lowest BCUT2D eigenvalue weighted by Crippen LogP contribution is -1.84. The molecule has 0 aliphatic rings. The van der Waals surface area contributed by atoms with Gasteiger partial charge in [0.2, 0.25) is 0 Å². The molecule has 0 unspecified atom stereocenters. The molecule has 0 saturated heterocycles. The molecule has 0 aliphatic carbocycles. The summed E-state index contributed by atoms with van der Waals surface area (Å²) in [6.07, 6.45) is 0.872. The molecule has 0 aliphatic heterocycles. The van der Waals surface area contributed by atoms with Crippen LogP contribution in [0.15, 0.2) is 18.2 Å². The highest BCUT2D eigenvalue weighted by Gasteiger charge is 2.04. The van der Waals surface area contributed by atoms with Crippen molar-refractivity contribution in [1.29, 1.82) is 0 Å². The Hall–Kier alpha value is -0.620. The fraction of sp³-hybridized carbons (Fsp3) is 0. The van der Waals surface area contributed by atoms with E-state index in [-0.39, 0.29) is 0 Å². The van der Waals surface area contributed by atoms with Crippen molar-refractivity contribution < 1.29 is 4.79 Å². The van der Waals surface area contributed by atoms with E-state index < -0.39 is 0 Å². The number of hydrogen-bond donors (Lipinski definition) is 1. The average Bonchev–Trinajstić information content (AvgIpc) is 2.47. The van der Waals surface area contributed by atoms with Gasteiger partial charge in [-0.2, -0.15) is 0 Å². The highest BCUT2D eigenvalue weighted by molar-refractivity contribution is 14.1. The van der Waals surface area contributed by atoms with E-state index in [1.807, 2.05) is 18.2 Å². The first-order valence-corrected chi connectivity index (χ1v) is 5.54. The molecule has 0 spiro atoms. The quantitative estimate of drug-likeness (QED) is 0.500. The molecule has 1 aromatic carbocycles. The van der Waals surface area contributed by atoms with Crippen LogP contribution in [0.2, 0.25) is 0 Å². The first-order valence-electron chi connectivity index (χ1n) is 3.64. The first-order chi connectivity index (χ1) is 6.20. The van der Waals surface area contributed by atoms with Gasteiger partial charge >= 0.3 is 0 Å². The SMILES string of the molecule is Nc1cc(I)c2sc(C=O)cc2c1. The molecule has 0 radical (unpaired) electrons. The van der Waals surface area contributed by atoms with Crippen molar-refractivity contribution in [3.63, 3.8) is 0 Å². The van der Waals surface area contributed by atoms with E-state index in [9.17, 15) is 4.79 Å². The molecular weight excluding hydrogens is 297 g/mol. The van der Waals surface area contributed by atoms with Gasteiger partial charge in [0.05, 0.1) is 4.88 Å². The first kappa shape index (κ1) is 8.96. The number of thiophene rings is 1. The van der Waals surface area contributed by atoms with E-state index in [4.69, 9.17) is 5.73 Å². The Morgan fingerprint density at radius 2 is 2.15 bits per heavy atom. The van der Waals surface area contributed by atoms with Crippen molar-refractivity contribution in [1.82, 2.24) is 0 Å². The number of rotatable bonds is 1. The van der Waals surface area contributed by atoms with Crippen molar-refractivity contribution in [3.8, 4) is 0 Å². The Morgan fingerprint density at radius 3 is 2.85 bits per heavy atom. The topological polar surface area (TPSA) is 43.1 Å². The Balaban J connectivity index is 2.82. The van der Waals surface area contributed by atoms with E-state index in [1.54, 1.807) is 0 Å². The molecule has 0 saturated carbocycles. The maximum atomic E-state index is 10.5. The fourth-order valence-electron chi connectivity index (χ4n) is 1.21. The summed E-state index contributed by atoms with van der Waals surface area (Å²) < 4.78 is 2.24. The van der Waals surface area contributed by atoms with Crippen LogP contribution in [0.1, 0.15) is 9.67 Å². The summed E-state index contributed by atoms with van der Waals surface area (Å²) >= 11 is 3.73. The second kappa shape index (κ2) is 3.26. The highest BCUT2D eigenvalue weighted by Crippen LogP contribution is 2.30. The summed E-state index contributed by atoms with van der Waals surface area (Å²) in [4.78, 5) is 11.3. The highest BCUT2D eigenvalue weighted by atomic mass is 127. The van der Waals surface area contributed by atoms with E-state index >= 15 is 0 Å². The van der Waals surface area contributed by atoms with Crippen molar-refractivity contribution in [2.45, 2.75) is 0 Å². The molecular formula is C9H6INOS. The Labute approximate surface area is 92.9 Å². The van der Waals surface area contributed by atoms with Crippen LogP contribution in [0.3, 0.4) is 0 Å². The summed E-state index contributed by atoms with van der Waals surface area (Å²) in [5.41, 5.74) is 6.43. The van der Waals surface area contributed by atoms with Gasteiger partial charge in [-0.1, -0.05) is 0 Å². The zero-order valence-corrected chi connectivity index (χ0v) is 9.56. The summed E-state index contributed by atoms with van der Waals surface area (Å²) in [6, 6.07) is 5.67. The number of benzene rings is 1. The van der Waals surface area contributed by atoms with Gasteiger partial charge < -0.3 is 5.73 Å². The number of carbonyl (C=O) groups is 1. The minimum atomic E-state index is 0.743. The van der Waals surface area contributed by atoms with E-state index in [1.165, 1.54) is 11.3 Å². The zero-order valence-electron chi connectivity index (χ0n) is 6.58. The van der Waals surface area contributed by atoms with Crippen LogP contribution in [0.25, 0.3) is 10.1 Å². The summed E-state index contributed by atoms with van der Waals surface area (Å²) in [6.45, 7) is 0. The lowest BCUT2D eigenvalue weighted by molar-refractivity contribution is 0.112. The van der Waals surface area contributed by atoms with Gasteiger partial charge in [-0.05, 0) is 46.2 Å². The van der Waals surface area contributed by atoms with Crippen LogP contribution in [-0.2, 0) is 0 Å². The number of fused-ring (bicyclic) bond motifs is 1. The summed E-state index contributed by atoms with van der Waals surface area (Å²) in [5, 5.41) is 1.05. The van der Waals surface area contributed by atoms with Gasteiger partial charge in [-0.3, -0.25) is 4.79 Å². The van der Waals surface area contributed by atoms with Crippen LogP contribution in [0, 0.1) is 3.57 Å². The van der Waals surface area contributed by atoms with Crippen LogP contribution in [-0.4, -0.2) is 6.29 Å².